The summed E-state index contributed by atoms with van der Waals surface area (Å²) >= 11 is 0. The monoisotopic (exact) mass is 500 g/mol. The van der Waals surface area contributed by atoms with E-state index in [0.717, 1.165) is 30.2 Å². The number of fused-ring (bicyclic) bond motifs is 1. The number of amides is 1. The van der Waals surface area contributed by atoms with E-state index in [1.54, 1.807) is 18.5 Å². The van der Waals surface area contributed by atoms with E-state index in [0.29, 0.717) is 17.2 Å². The van der Waals surface area contributed by atoms with Crippen LogP contribution in [-0.4, -0.2) is 41.6 Å². The molecule has 2 heterocycles. The molecular weight excluding hydrogens is 476 g/mol. The number of pyridine rings is 1. The SMILES string of the molecule is CS(=O)(=O)Nc1ccc(C(=O)Nc2cccc(-c3cnc(NC4Cc5ccccc5C4)nc3)c2)cn1. The van der Waals surface area contributed by atoms with Gasteiger partial charge in [0.05, 0.1) is 11.8 Å². The highest BCUT2D eigenvalue weighted by Crippen LogP contribution is 2.25. The standard InChI is InChI=1S/C26H24N6O3S/c1-36(34,35)32-24-10-9-20(14-27-24)25(33)30-22-8-4-7-19(11-22)21-15-28-26(29-16-21)31-23-12-17-5-2-3-6-18(17)13-23/h2-11,14-16,23H,12-13H2,1H3,(H,27,32)(H,30,33)(H,28,29,31). The molecule has 0 saturated heterocycles. The summed E-state index contributed by atoms with van der Waals surface area (Å²) in [5.74, 6) is 0.368. The summed E-state index contributed by atoms with van der Waals surface area (Å²) in [6, 6.07) is 19.0. The molecule has 182 valence electrons. The Kier molecular flexibility index (Phi) is 6.34. The summed E-state index contributed by atoms with van der Waals surface area (Å²) in [5, 5.41) is 6.25. The summed E-state index contributed by atoms with van der Waals surface area (Å²) in [6.07, 6.45) is 7.78. The summed E-state index contributed by atoms with van der Waals surface area (Å²) in [6.45, 7) is 0. The number of hydrogen-bond acceptors (Lipinski definition) is 7. The molecule has 10 heteroatoms. The Morgan fingerprint density at radius 2 is 1.58 bits per heavy atom. The van der Waals surface area contributed by atoms with Crippen molar-refractivity contribution < 1.29 is 13.2 Å². The van der Waals surface area contributed by atoms with Gasteiger partial charge in [0.1, 0.15) is 5.82 Å². The second-order valence-corrected chi connectivity index (χ2v) is 10.4. The van der Waals surface area contributed by atoms with Crippen molar-refractivity contribution in [2.75, 3.05) is 21.6 Å². The highest BCUT2D eigenvalue weighted by Gasteiger charge is 2.21. The molecule has 2 aromatic carbocycles. The summed E-state index contributed by atoms with van der Waals surface area (Å²) in [5.41, 5.74) is 5.31. The van der Waals surface area contributed by atoms with E-state index < -0.39 is 10.0 Å². The van der Waals surface area contributed by atoms with Crippen LogP contribution in [-0.2, 0) is 22.9 Å². The maximum Gasteiger partial charge on any atom is 0.257 e. The molecule has 0 bridgehead atoms. The number of benzene rings is 2. The smallest absolute Gasteiger partial charge is 0.257 e. The molecule has 0 atom stereocenters. The number of anilines is 3. The minimum absolute atomic E-state index is 0.145. The van der Waals surface area contributed by atoms with E-state index in [4.69, 9.17) is 0 Å². The molecule has 2 aromatic heterocycles. The Balaban J connectivity index is 1.22. The van der Waals surface area contributed by atoms with Crippen molar-refractivity contribution in [3.8, 4) is 11.1 Å². The maximum atomic E-state index is 12.6. The van der Waals surface area contributed by atoms with Crippen LogP contribution in [0.1, 0.15) is 21.5 Å². The summed E-state index contributed by atoms with van der Waals surface area (Å²) in [7, 11) is -3.44. The highest BCUT2D eigenvalue weighted by atomic mass is 32.2. The van der Waals surface area contributed by atoms with Crippen LogP contribution in [0, 0.1) is 0 Å². The van der Waals surface area contributed by atoms with Gasteiger partial charge in [-0.25, -0.2) is 23.4 Å². The minimum atomic E-state index is -3.44. The van der Waals surface area contributed by atoms with Crippen LogP contribution in [0.25, 0.3) is 11.1 Å². The van der Waals surface area contributed by atoms with E-state index in [-0.39, 0.29) is 17.8 Å². The largest absolute Gasteiger partial charge is 0.351 e. The quantitative estimate of drug-likeness (QED) is 0.353. The Hall–Kier alpha value is -4.31. The van der Waals surface area contributed by atoms with Gasteiger partial charge in [0.2, 0.25) is 16.0 Å². The molecule has 0 saturated carbocycles. The third kappa shape index (κ3) is 5.66. The fourth-order valence-corrected chi connectivity index (χ4v) is 4.65. The number of hydrogen-bond donors (Lipinski definition) is 3. The number of rotatable bonds is 7. The van der Waals surface area contributed by atoms with Crippen molar-refractivity contribution in [2.24, 2.45) is 0 Å². The first-order chi connectivity index (χ1) is 17.3. The molecule has 1 amide bonds. The maximum absolute atomic E-state index is 12.6. The molecular formula is C26H24N6O3S. The fourth-order valence-electron chi connectivity index (χ4n) is 4.15. The number of carbonyl (C=O) groups excluding carboxylic acids is 1. The number of sulfonamides is 1. The zero-order valence-electron chi connectivity index (χ0n) is 19.5. The Morgan fingerprint density at radius 1 is 0.861 bits per heavy atom. The van der Waals surface area contributed by atoms with Crippen LogP contribution in [0.15, 0.2) is 79.3 Å². The molecule has 3 N–H and O–H groups in total. The van der Waals surface area contributed by atoms with Crippen molar-refractivity contribution in [1.82, 2.24) is 15.0 Å². The number of nitrogens with zero attached hydrogens (tertiary/aromatic N) is 3. The van der Waals surface area contributed by atoms with Gasteiger partial charge in [-0.3, -0.25) is 9.52 Å². The predicted molar refractivity (Wildman–Crippen MR) is 139 cm³/mol. The average molecular weight is 501 g/mol. The van der Waals surface area contributed by atoms with Gasteiger partial charge in [-0.2, -0.15) is 0 Å². The Morgan fingerprint density at radius 3 is 2.22 bits per heavy atom. The van der Waals surface area contributed by atoms with E-state index in [9.17, 15) is 13.2 Å². The zero-order chi connectivity index (χ0) is 25.1. The lowest BCUT2D eigenvalue weighted by molar-refractivity contribution is 0.102. The van der Waals surface area contributed by atoms with Gasteiger partial charge in [0.15, 0.2) is 0 Å². The Labute approximate surface area is 209 Å². The van der Waals surface area contributed by atoms with Crippen LogP contribution in [0.2, 0.25) is 0 Å². The van der Waals surface area contributed by atoms with E-state index in [2.05, 4.69) is 54.6 Å². The average Bonchev–Trinajstić information content (AvgIpc) is 3.26. The minimum Gasteiger partial charge on any atom is -0.351 e. The molecule has 0 radical (unpaired) electrons. The van der Waals surface area contributed by atoms with Crippen LogP contribution >= 0.6 is 0 Å². The van der Waals surface area contributed by atoms with E-state index >= 15 is 0 Å². The molecule has 0 unspecified atom stereocenters. The van der Waals surface area contributed by atoms with Crippen molar-refractivity contribution in [3.63, 3.8) is 0 Å². The van der Waals surface area contributed by atoms with Gasteiger partial charge in [0.25, 0.3) is 5.91 Å². The molecule has 0 fully saturated rings. The van der Waals surface area contributed by atoms with Crippen LogP contribution in [0.3, 0.4) is 0 Å². The predicted octanol–water partition coefficient (Wildman–Crippen LogP) is 3.74. The lowest BCUT2D eigenvalue weighted by Gasteiger charge is -2.12. The molecule has 5 rings (SSSR count). The lowest BCUT2D eigenvalue weighted by atomic mass is 10.1. The molecule has 36 heavy (non-hydrogen) atoms. The molecule has 1 aliphatic rings. The lowest BCUT2D eigenvalue weighted by Crippen LogP contribution is -2.20. The van der Waals surface area contributed by atoms with Crippen LogP contribution in [0.5, 0.6) is 0 Å². The number of carbonyl (C=O) groups is 1. The molecule has 4 aromatic rings. The van der Waals surface area contributed by atoms with Gasteiger partial charge >= 0.3 is 0 Å². The van der Waals surface area contributed by atoms with Crippen LogP contribution < -0.4 is 15.4 Å². The first-order valence-electron chi connectivity index (χ1n) is 11.3. The topological polar surface area (TPSA) is 126 Å². The first-order valence-corrected chi connectivity index (χ1v) is 13.2. The van der Waals surface area contributed by atoms with Crippen molar-refractivity contribution >= 4 is 33.4 Å². The van der Waals surface area contributed by atoms with Crippen molar-refractivity contribution in [1.29, 1.82) is 0 Å². The van der Waals surface area contributed by atoms with E-state index in [1.165, 1.54) is 29.5 Å². The van der Waals surface area contributed by atoms with E-state index in [1.807, 2.05) is 18.2 Å². The molecule has 9 nitrogen and oxygen atoms in total. The first kappa shape index (κ1) is 23.4. The summed E-state index contributed by atoms with van der Waals surface area (Å²) in [4.78, 5) is 25.6. The van der Waals surface area contributed by atoms with Gasteiger partial charge in [-0.05, 0) is 53.8 Å². The highest BCUT2D eigenvalue weighted by molar-refractivity contribution is 7.92. The zero-order valence-corrected chi connectivity index (χ0v) is 20.3. The van der Waals surface area contributed by atoms with Crippen molar-refractivity contribution in [3.05, 3.63) is 95.9 Å². The second kappa shape index (κ2) is 9.74. The summed E-state index contributed by atoms with van der Waals surface area (Å²) < 4.78 is 24.9. The molecule has 0 aliphatic heterocycles. The number of aromatic nitrogens is 3. The van der Waals surface area contributed by atoms with Gasteiger partial charge in [-0.1, -0.05) is 36.4 Å². The molecule has 1 aliphatic carbocycles. The number of nitrogens with one attached hydrogen (secondary N) is 3. The van der Waals surface area contributed by atoms with Gasteiger partial charge in [0, 0.05) is 35.9 Å². The third-order valence-corrected chi connectivity index (χ3v) is 6.39. The Bertz CT molecular complexity index is 1480. The van der Waals surface area contributed by atoms with Gasteiger partial charge in [-0.15, -0.1) is 0 Å². The third-order valence-electron chi connectivity index (χ3n) is 5.81. The van der Waals surface area contributed by atoms with Crippen molar-refractivity contribution in [2.45, 2.75) is 18.9 Å². The van der Waals surface area contributed by atoms with Crippen LogP contribution in [0.4, 0.5) is 17.5 Å². The normalized spacial score (nSPS) is 13.1. The van der Waals surface area contributed by atoms with Gasteiger partial charge < -0.3 is 10.6 Å². The fraction of sp³-hybridized carbons (Fsp3) is 0.154. The molecule has 0 spiro atoms. The second-order valence-electron chi connectivity index (χ2n) is 8.65.